The Bertz CT molecular complexity index is 1060. The fraction of sp³-hybridized carbons (Fsp3) is 0.333. The van der Waals surface area contributed by atoms with Crippen LogP contribution in [0.25, 0.3) is 11.6 Å². The molecule has 0 spiro atoms. The van der Waals surface area contributed by atoms with E-state index in [2.05, 4.69) is 0 Å². The van der Waals surface area contributed by atoms with Crippen molar-refractivity contribution in [2.75, 3.05) is 12.0 Å². The number of imide groups is 1. The zero-order valence-electron chi connectivity index (χ0n) is 16.7. The third-order valence-electron chi connectivity index (χ3n) is 6.51. The SMILES string of the molecule is COc1ccc(/C=C2/C(=O)N(C(=O)O)c3ccccc32)cc1O[C@H]1C[C@@H]2CC[C@H]1C2. The number of ether oxygens (including phenoxy) is 2. The summed E-state index contributed by atoms with van der Waals surface area (Å²) >= 11 is 0. The van der Waals surface area contributed by atoms with Crippen molar-refractivity contribution in [3.05, 3.63) is 53.6 Å². The van der Waals surface area contributed by atoms with Crippen LogP contribution in [0.1, 0.15) is 36.8 Å². The number of hydrogen-bond acceptors (Lipinski definition) is 4. The minimum atomic E-state index is -1.29. The van der Waals surface area contributed by atoms with E-state index in [4.69, 9.17) is 9.47 Å². The monoisotopic (exact) mass is 405 g/mol. The Balaban J connectivity index is 1.49. The summed E-state index contributed by atoms with van der Waals surface area (Å²) in [7, 11) is 1.61. The van der Waals surface area contributed by atoms with Gasteiger partial charge in [0.25, 0.3) is 5.91 Å². The maximum absolute atomic E-state index is 12.8. The van der Waals surface area contributed by atoms with Gasteiger partial charge in [0.05, 0.1) is 18.4 Å². The van der Waals surface area contributed by atoms with Crippen LogP contribution >= 0.6 is 0 Å². The highest BCUT2D eigenvalue weighted by Gasteiger charge is 2.41. The lowest BCUT2D eigenvalue weighted by Crippen LogP contribution is -2.31. The van der Waals surface area contributed by atoms with Gasteiger partial charge in [0, 0.05) is 5.56 Å². The van der Waals surface area contributed by atoms with Gasteiger partial charge in [0.2, 0.25) is 0 Å². The molecule has 2 saturated carbocycles. The highest BCUT2D eigenvalue weighted by molar-refractivity contribution is 6.41. The molecule has 5 rings (SSSR count). The molecule has 1 heterocycles. The van der Waals surface area contributed by atoms with Crippen LogP contribution in [0.15, 0.2) is 42.5 Å². The third-order valence-corrected chi connectivity index (χ3v) is 6.51. The summed E-state index contributed by atoms with van der Waals surface area (Å²) in [6.07, 6.45) is 5.48. The lowest BCUT2D eigenvalue weighted by atomic mass is 9.97. The number of carbonyl (C=O) groups excluding carboxylic acids is 1. The molecule has 1 aliphatic heterocycles. The molecule has 2 bridgehead atoms. The first-order valence-electron chi connectivity index (χ1n) is 10.3. The summed E-state index contributed by atoms with van der Waals surface area (Å²) < 4.78 is 11.8. The number of carboxylic acid groups (broad SMARTS) is 1. The zero-order valence-corrected chi connectivity index (χ0v) is 16.7. The lowest BCUT2D eigenvalue weighted by molar-refractivity contribution is -0.112. The molecule has 3 atom stereocenters. The average molecular weight is 405 g/mol. The molecule has 3 aliphatic rings. The Labute approximate surface area is 174 Å². The Morgan fingerprint density at radius 2 is 1.97 bits per heavy atom. The quantitative estimate of drug-likeness (QED) is 0.738. The smallest absolute Gasteiger partial charge is 0.419 e. The molecule has 2 aliphatic carbocycles. The van der Waals surface area contributed by atoms with Gasteiger partial charge in [-0.3, -0.25) is 4.79 Å². The number of fused-ring (bicyclic) bond motifs is 3. The van der Waals surface area contributed by atoms with Gasteiger partial charge >= 0.3 is 6.09 Å². The summed E-state index contributed by atoms with van der Waals surface area (Å²) in [6, 6.07) is 12.5. The van der Waals surface area contributed by atoms with Crippen molar-refractivity contribution < 1.29 is 24.2 Å². The topological polar surface area (TPSA) is 76.1 Å². The fourth-order valence-electron chi connectivity index (χ4n) is 5.11. The maximum Gasteiger partial charge on any atom is 0.419 e. The van der Waals surface area contributed by atoms with Gasteiger partial charge in [-0.25, -0.2) is 9.69 Å². The van der Waals surface area contributed by atoms with E-state index in [0.717, 1.165) is 22.8 Å². The number of para-hydroxylation sites is 1. The van der Waals surface area contributed by atoms with E-state index < -0.39 is 12.0 Å². The van der Waals surface area contributed by atoms with Crippen LogP contribution in [0.5, 0.6) is 11.5 Å². The summed E-state index contributed by atoms with van der Waals surface area (Å²) in [5.41, 5.74) is 2.10. The molecule has 2 fully saturated rings. The standard InChI is InChI=1S/C24H23NO5/c1-29-20-9-7-15(13-22(20)30-21-12-14-6-8-16(21)10-14)11-18-17-4-2-3-5-19(17)25(23(18)26)24(27)28/h2-5,7,9,11,13-14,16,21H,6,8,10,12H2,1H3,(H,27,28)/b18-11+/t14-,16+,21+/m1/s1. The van der Waals surface area contributed by atoms with Crippen LogP contribution in [0.2, 0.25) is 0 Å². The Morgan fingerprint density at radius 3 is 2.67 bits per heavy atom. The number of anilines is 1. The molecular weight excluding hydrogens is 382 g/mol. The van der Waals surface area contributed by atoms with Crippen molar-refractivity contribution in [1.82, 2.24) is 0 Å². The molecule has 6 heteroatoms. The largest absolute Gasteiger partial charge is 0.493 e. The number of nitrogens with zero attached hydrogens (tertiary/aromatic N) is 1. The Hall–Kier alpha value is -3.28. The van der Waals surface area contributed by atoms with Gasteiger partial charge in [0.1, 0.15) is 6.10 Å². The van der Waals surface area contributed by atoms with Crippen LogP contribution in [0.3, 0.4) is 0 Å². The normalized spacial score (nSPS) is 25.6. The van der Waals surface area contributed by atoms with Crippen molar-refractivity contribution in [2.24, 2.45) is 11.8 Å². The zero-order chi connectivity index (χ0) is 20.8. The molecule has 2 aromatic carbocycles. The highest BCUT2D eigenvalue weighted by atomic mass is 16.5. The highest BCUT2D eigenvalue weighted by Crippen LogP contribution is 2.47. The van der Waals surface area contributed by atoms with Gasteiger partial charge in [0.15, 0.2) is 11.5 Å². The maximum atomic E-state index is 12.8. The summed E-state index contributed by atoms with van der Waals surface area (Å²) in [6.45, 7) is 0. The van der Waals surface area contributed by atoms with Gasteiger partial charge in [-0.1, -0.05) is 24.3 Å². The van der Waals surface area contributed by atoms with Crippen LogP contribution in [-0.2, 0) is 4.79 Å². The molecular formula is C24H23NO5. The molecule has 2 aromatic rings. The third kappa shape index (κ3) is 3.03. The van der Waals surface area contributed by atoms with Crippen LogP contribution in [0.4, 0.5) is 10.5 Å². The summed E-state index contributed by atoms with van der Waals surface area (Å²) in [5.74, 6) is 2.15. The number of amides is 2. The molecule has 154 valence electrons. The number of hydrogen-bond donors (Lipinski definition) is 1. The van der Waals surface area contributed by atoms with E-state index >= 15 is 0 Å². The van der Waals surface area contributed by atoms with Gasteiger partial charge in [-0.05, 0) is 67.4 Å². The number of carbonyl (C=O) groups is 2. The predicted molar refractivity (Wildman–Crippen MR) is 113 cm³/mol. The van der Waals surface area contributed by atoms with Crippen molar-refractivity contribution >= 4 is 29.3 Å². The average Bonchev–Trinajstić information content (AvgIpc) is 3.42. The van der Waals surface area contributed by atoms with E-state index in [-0.39, 0.29) is 6.10 Å². The second-order valence-corrected chi connectivity index (χ2v) is 8.24. The predicted octanol–water partition coefficient (Wildman–Crippen LogP) is 4.83. The van der Waals surface area contributed by atoms with Crippen LogP contribution in [-0.4, -0.2) is 30.3 Å². The number of benzene rings is 2. The fourth-order valence-corrected chi connectivity index (χ4v) is 5.11. The second-order valence-electron chi connectivity index (χ2n) is 8.24. The summed E-state index contributed by atoms with van der Waals surface area (Å²) in [4.78, 5) is 25.2. The molecule has 30 heavy (non-hydrogen) atoms. The molecule has 2 amide bonds. The number of rotatable bonds is 4. The first kappa shape index (κ1) is 18.7. The van der Waals surface area contributed by atoms with Gasteiger partial charge in [-0.15, -0.1) is 0 Å². The molecule has 0 aromatic heterocycles. The number of methoxy groups -OCH3 is 1. The molecule has 0 saturated heterocycles. The first-order chi connectivity index (χ1) is 14.5. The Kier molecular flexibility index (Phi) is 4.50. The second kappa shape index (κ2) is 7.20. The van der Waals surface area contributed by atoms with Crippen molar-refractivity contribution in [3.63, 3.8) is 0 Å². The minimum Gasteiger partial charge on any atom is -0.493 e. The van der Waals surface area contributed by atoms with Gasteiger partial charge in [-0.2, -0.15) is 0 Å². The van der Waals surface area contributed by atoms with Crippen LogP contribution in [0, 0.1) is 11.8 Å². The summed E-state index contributed by atoms with van der Waals surface area (Å²) in [5, 5.41) is 9.48. The van der Waals surface area contributed by atoms with Crippen LogP contribution < -0.4 is 14.4 Å². The van der Waals surface area contributed by atoms with E-state index in [0.29, 0.717) is 34.2 Å². The van der Waals surface area contributed by atoms with Gasteiger partial charge < -0.3 is 14.6 Å². The minimum absolute atomic E-state index is 0.205. The van der Waals surface area contributed by atoms with Crippen molar-refractivity contribution in [2.45, 2.75) is 31.8 Å². The van der Waals surface area contributed by atoms with E-state index in [9.17, 15) is 14.7 Å². The van der Waals surface area contributed by atoms with Crippen molar-refractivity contribution in [3.8, 4) is 11.5 Å². The molecule has 1 N–H and O–H groups in total. The van der Waals surface area contributed by atoms with Crippen molar-refractivity contribution in [1.29, 1.82) is 0 Å². The first-order valence-corrected chi connectivity index (χ1v) is 10.3. The van der Waals surface area contributed by atoms with E-state index in [1.807, 2.05) is 18.2 Å². The van der Waals surface area contributed by atoms with E-state index in [1.54, 1.807) is 37.5 Å². The lowest BCUT2D eigenvalue weighted by Gasteiger charge is -2.24. The van der Waals surface area contributed by atoms with E-state index in [1.165, 1.54) is 19.3 Å². The molecule has 0 radical (unpaired) electrons. The molecule has 0 unspecified atom stereocenters. The molecule has 6 nitrogen and oxygen atoms in total. The Morgan fingerprint density at radius 1 is 1.13 bits per heavy atom.